The first kappa shape index (κ1) is 21.3. The van der Waals surface area contributed by atoms with Crippen LogP contribution < -0.4 is 4.74 Å². The lowest BCUT2D eigenvalue weighted by Gasteiger charge is -2.16. The molecule has 1 fully saturated rings. The summed E-state index contributed by atoms with van der Waals surface area (Å²) in [5, 5.41) is 11.9. The summed E-state index contributed by atoms with van der Waals surface area (Å²) in [5.41, 5.74) is 1.95. The van der Waals surface area contributed by atoms with Crippen LogP contribution in [-0.4, -0.2) is 28.0 Å². The van der Waals surface area contributed by atoms with Gasteiger partial charge in [-0.15, -0.1) is 0 Å². The zero-order valence-corrected chi connectivity index (χ0v) is 18.0. The molecular formula is C24H19N3O4S. The predicted octanol–water partition coefficient (Wildman–Crippen LogP) is 5.41. The highest BCUT2D eigenvalue weighted by Crippen LogP contribution is 2.36. The molecule has 0 aromatic heterocycles. The Morgan fingerprint density at radius 1 is 1.03 bits per heavy atom. The van der Waals surface area contributed by atoms with E-state index in [1.807, 2.05) is 54.6 Å². The molecule has 0 atom stereocenters. The van der Waals surface area contributed by atoms with E-state index < -0.39 is 4.92 Å². The maximum absolute atomic E-state index is 13.3. The number of benzene rings is 3. The lowest BCUT2D eigenvalue weighted by atomic mass is 10.1. The smallest absolute Gasteiger partial charge is 0.276 e. The molecule has 7 nitrogen and oxygen atoms in total. The molecule has 0 spiro atoms. The number of carbonyl (C=O) groups is 1. The first-order valence-electron chi connectivity index (χ1n) is 9.76. The fourth-order valence-electron chi connectivity index (χ4n) is 3.17. The van der Waals surface area contributed by atoms with Crippen molar-refractivity contribution in [1.82, 2.24) is 4.90 Å². The number of ether oxygens (including phenoxy) is 1. The molecule has 160 valence electrons. The zero-order valence-electron chi connectivity index (χ0n) is 17.2. The summed E-state index contributed by atoms with van der Waals surface area (Å²) in [5.74, 6) is 0.477. The summed E-state index contributed by atoms with van der Waals surface area (Å²) in [7, 11) is 1.60. The number of aliphatic imine (C=N–C) groups is 1. The first-order valence-corrected chi connectivity index (χ1v) is 10.6. The van der Waals surface area contributed by atoms with Crippen molar-refractivity contribution < 1.29 is 14.5 Å². The zero-order chi connectivity index (χ0) is 22.5. The quantitative estimate of drug-likeness (QED) is 0.288. The van der Waals surface area contributed by atoms with Crippen LogP contribution in [0.1, 0.15) is 11.1 Å². The molecule has 0 unspecified atom stereocenters. The van der Waals surface area contributed by atoms with Gasteiger partial charge in [-0.1, -0.05) is 42.5 Å². The summed E-state index contributed by atoms with van der Waals surface area (Å²) >= 11 is 1.20. The molecule has 0 bridgehead atoms. The second-order valence-corrected chi connectivity index (χ2v) is 7.90. The minimum atomic E-state index is -0.454. The number of nitro benzene ring substituents is 1. The molecule has 1 amide bonds. The van der Waals surface area contributed by atoms with Gasteiger partial charge in [-0.05, 0) is 53.7 Å². The van der Waals surface area contributed by atoms with Gasteiger partial charge in [-0.3, -0.25) is 19.8 Å². The number of methoxy groups -OCH3 is 1. The number of carbonyl (C=O) groups excluding carboxylic acids is 1. The highest BCUT2D eigenvalue weighted by molar-refractivity contribution is 8.18. The van der Waals surface area contributed by atoms with Crippen LogP contribution in [0.2, 0.25) is 0 Å². The van der Waals surface area contributed by atoms with Gasteiger partial charge in [-0.25, -0.2) is 4.99 Å². The van der Waals surface area contributed by atoms with Crippen LogP contribution in [0.3, 0.4) is 0 Å². The molecular weight excluding hydrogens is 426 g/mol. The Morgan fingerprint density at radius 3 is 2.41 bits per heavy atom. The molecule has 0 saturated carbocycles. The number of amides is 1. The van der Waals surface area contributed by atoms with Crippen LogP contribution in [0, 0.1) is 10.1 Å². The third kappa shape index (κ3) is 4.70. The molecule has 3 aromatic rings. The number of nitrogens with zero attached hydrogens (tertiary/aromatic N) is 3. The molecule has 1 aliphatic heterocycles. The minimum absolute atomic E-state index is 0.0523. The number of para-hydroxylation sites is 2. The Kier molecular flexibility index (Phi) is 6.32. The highest BCUT2D eigenvalue weighted by Gasteiger charge is 2.34. The number of amidine groups is 1. The number of rotatable bonds is 6. The van der Waals surface area contributed by atoms with Crippen molar-refractivity contribution in [3.63, 3.8) is 0 Å². The topological polar surface area (TPSA) is 85.0 Å². The fraction of sp³-hybridized carbons (Fsp3) is 0.0833. The van der Waals surface area contributed by atoms with E-state index in [4.69, 9.17) is 4.74 Å². The van der Waals surface area contributed by atoms with E-state index in [1.54, 1.807) is 36.3 Å². The van der Waals surface area contributed by atoms with Gasteiger partial charge in [0.15, 0.2) is 5.17 Å². The second-order valence-electron chi connectivity index (χ2n) is 6.90. The summed E-state index contributed by atoms with van der Waals surface area (Å²) < 4.78 is 5.20. The summed E-state index contributed by atoms with van der Waals surface area (Å²) in [4.78, 5) is 30.8. The van der Waals surface area contributed by atoms with Gasteiger partial charge < -0.3 is 4.74 Å². The highest BCUT2D eigenvalue weighted by atomic mass is 32.2. The van der Waals surface area contributed by atoms with E-state index in [0.29, 0.717) is 22.2 Å². The van der Waals surface area contributed by atoms with Crippen LogP contribution in [0.15, 0.2) is 88.8 Å². The molecule has 1 aliphatic rings. The van der Waals surface area contributed by atoms with Gasteiger partial charge in [0.25, 0.3) is 11.6 Å². The normalized spacial score (nSPS) is 16.0. The van der Waals surface area contributed by atoms with E-state index in [0.717, 1.165) is 17.0 Å². The Balaban J connectivity index is 1.71. The Hall–Kier alpha value is -3.91. The number of hydrogen-bond donors (Lipinski definition) is 0. The average molecular weight is 446 g/mol. The van der Waals surface area contributed by atoms with Gasteiger partial charge >= 0.3 is 0 Å². The van der Waals surface area contributed by atoms with Gasteiger partial charge in [0, 0.05) is 6.07 Å². The van der Waals surface area contributed by atoms with Gasteiger partial charge in [-0.2, -0.15) is 0 Å². The van der Waals surface area contributed by atoms with Crippen molar-refractivity contribution >= 4 is 40.3 Å². The first-order chi connectivity index (χ1) is 15.5. The molecule has 0 N–H and O–H groups in total. The Morgan fingerprint density at radius 2 is 1.72 bits per heavy atom. The molecule has 1 heterocycles. The van der Waals surface area contributed by atoms with Crippen molar-refractivity contribution in [3.8, 4) is 5.75 Å². The van der Waals surface area contributed by atoms with Crippen LogP contribution in [0.4, 0.5) is 11.4 Å². The van der Waals surface area contributed by atoms with E-state index in [-0.39, 0.29) is 11.6 Å². The number of thioether (sulfide) groups is 1. The third-order valence-corrected chi connectivity index (χ3v) is 5.80. The fourth-order valence-corrected chi connectivity index (χ4v) is 4.16. The standard InChI is InChI=1S/C24H19N3O4S/c1-31-20-13-11-17(12-14-20)16-26-23(28)22(15-18-7-5-6-10-21(18)27(29)30)32-24(26)25-19-8-3-2-4-9-19/h2-15H,16H2,1H3/b22-15-,25-24?. The second kappa shape index (κ2) is 9.49. The van der Waals surface area contributed by atoms with Crippen molar-refractivity contribution in [2.45, 2.75) is 6.54 Å². The van der Waals surface area contributed by atoms with E-state index >= 15 is 0 Å². The molecule has 3 aromatic carbocycles. The number of hydrogen-bond acceptors (Lipinski definition) is 6. The molecule has 32 heavy (non-hydrogen) atoms. The van der Waals surface area contributed by atoms with Crippen molar-refractivity contribution in [2.24, 2.45) is 4.99 Å². The van der Waals surface area contributed by atoms with Crippen LogP contribution in [0.5, 0.6) is 5.75 Å². The SMILES string of the molecule is COc1ccc(CN2C(=O)/C(=C/c3ccccc3[N+](=O)[O-])SC2=Nc2ccccc2)cc1. The van der Waals surface area contributed by atoms with Crippen LogP contribution >= 0.6 is 11.8 Å². The third-order valence-electron chi connectivity index (χ3n) is 4.79. The molecule has 8 heteroatoms. The summed E-state index contributed by atoms with van der Waals surface area (Å²) in [6.45, 7) is 0.315. The Bertz CT molecular complexity index is 1210. The maximum Gasteiger partial charge on any atom is 0.276 e. The average Bonchev–Trinajstić information content (AvgIpc) is 3.09. The summed E-state index contributed by atoms with van der Waals surface area (Å²) in [6, 6.07) is 23.1. The number of nitro groups is 1. The Labute approximate surface area is 189 Å². The predicted molar refractivity (Wildman–Crippen MR) is 126 cm³/mol. The van der Waals surface area contributed by atoms with Crippen molar-refractivity contribution in [3.05, 3.63) is 105 Å². The van der Waals surface area contributed by atoms with Gasteiger partial charge in [0.05, 0.1) is 34.7 Å². The van der Waals surface area contributed by atoms with E-state index in [9.17, 15) is 14.9 Å². The van der Waals surface area contributed by atoms with Gasteiger partial charge in [0.2, 0.25) is 0 Å². The summed E-state index contributed by atoms with van der Waals surface area (Å²) in [6.07, 6.45) is 1.56. The molecule has 4 rings (SSSR count). The maximum atomic E-state index is 13.3. The molecule has 0 radical (unpaired) electrons. The van der Waals surface area contributed by atoms with Crippen molar-refractivity contribution in [2.75, 3.05) is 7.11 Å². The largest absolute Gasteiger partial charge is 0.497 e. The van der Waals surface area contributed by atoms with E-state index in [1.165, 1.54) is 17.8 Å². The van der Waals surface area contributed by atoms with Crippen LogP contribution in [0.25, 0.3) is 6.08 Å². The van der Waals surface area contributed by atoms with Crippen LogP contribution in [-0.2, 0) is 11.3 Å². The minimum Gasteiger partial charge on any atom is -0.497 e. The molecule has 0 aliphatic carbocycles. The monoisotopic (exact) mass is 445 g/mol. The van der Waals surface area contributed by atoms with E-state index in [2.05, 4.69) is 4.99 Å². The molecule has 1 saturated heterocycles. The van der Waals surface area contributed by atoms with Crippen molar-refractivity contribution in [1.29, 1.82) is 0 Å². The van der Waals surface area contributed by atoms with Gasteiger partial charge in [0.1, 0.15) is 5.75 Å². The lowest BCUT2D eigenvalue weighted by molar-refractivity contribution is -0.385. The lowest BCUT2D eigenvalue weighted by Crippen LogP contribution is -2.28.